The van der Waals surface area contributed by atoms with E-state index in [1.165, 1.54) is 22.3 Å². The molecule has 3 aromatic rings. The summed E-state index contributed by atoms with van der Waals surface area (Å²) < 4.78 is 7.78. The number of aromatic nitrogens is 2. The third-order valence-electron chi connectivity index (χ3n) is 5.80. The summed E-state index contributed by atoms with van der Waals surface area (Å²) in [4.78, 5) is 7.31. The Labute approximate surface area is 190 Å². The largest absolute Gasteiger partial charge is 0.372 e. The fourth-order valence-electron chi connectivity index (χ4n) is 4.15. The van der Waals surface area contributed by atoms with Crippen molar-refractivity contribution in [1.82, 2.24) is 20.0 Å². The van der Waals surface area contributed by atoms with Crippen LogP contribution in [0.2, 0.25) is 0 Å². The first-order valence-corrected chi connectivity index (χ1v) is 11.4. The molecule has 0 aliphatic carbocycles. The number of aryl methyl sites for hydroxylation is 1. The highest BCUT2D eigenvalue weighted by Gasteiger charge is 2.26. The summed E-state index contributed by atoms with van der Waals surface area (Å²) in [6.45, 7) is 6.86. The van der Waals surface area contributed by atoms with Crippen molar-refractivity contribution in [3.63, 3.8) is 0 Å². The Hall–Kier alpha value is -3.12. The van der Waals surface area contributed by atoms with Crippen LogP contribution in [-0.2, 0) is 31.5 Å². The van der Waals surface area contributed by atoms with Gasteiger partial charge in [0.1, 0.15) is 0 Å². The normalized spacial score (nSPS) is 16.5. The minimum absolute atomic E-state index is 0.512. The quantitative estimate of drug-likeness (QED) is 0.431. The van der Waals surface area contributed by atoms with E-state index in [0.29, 0.717) is 25.7 Å². The monoisotopic (exact) mass is 431 g/mol. The van der Waals surface area contributed by atoms with Gasteiger partial charge < -0.3 is 15.0 Å². The number of guanidine groups is 1. The number of hydrogen-bond acceptors (Lipinski definition) is 3. The lowest BCUT2D eigenvalue weighted by atomic mass is 10.0. The molecule has 2 aromatic carbocycles. The lowest BCUT2D eigenvalue weighted by Crippen LogP contribution is -2.40. The molecule has 1 N–H and O–H groups in total. The standard InChI is InChI=1S/C26H33N5O/c1-3-27-26(31-13-12-24(18-31)25-16-29-30(2)17-25)28-15-22-10-7-11-23(14-22)20-32-19-21-8-5-4-6-9-21/h4-11,14,16-17,24H,3,12-13,15,18-20H2,1-2H3,(H,27,28). The van der Waals surface area contributed by atoms with Crippen molar-refractivity contribution in [1.29, 1.82) is 0 Å². The molecule has 1 atom stereocenters. The Morgan fingerprint density at radius 1 is 1.09 bits per heavy atom. The third kappa shape index (κ3) is 5.98. The Kier molecular flexibility index (Phi) is 7.56. The first-order chi connectivity index (χ1) is 15.7. The van der Waals surface area contributed by atoms with E-state index in [2.05, 4.69) is 64.8 Å². The molecule has 4 rings (SSSR count). The smallest absolute Gasteiger partial charge is 0.194 e. The number of hydrogen-bond donors (Lipinski definition) is 1. The van der Waals surface area contributed by atoms with Gasteiger partial charge in [-0.15, -0.1) is 0 Å². The van der Waals surface area contributed by atoms with Crippen LogP contribution in [0.4, 0.5) is 0 Å². The second kappa shape index (κ2) is 11.0. The molecule has 0 bridgehead atoms. The molecule has 1 unspecified atom stereocenters. The molecule has 1 aliphatic rings. The lowest BCUT2D eigenvalue weighted by Gasteiger charge is -2.21. The molecule has 0 radical (unpaired) electrons. The molecule has 1 fully saturated rings. The zero-order chi connectivity index (χ0) is 22.2. The van der Waals surface area contributed by atoms with E-state index < -0.39 is 0 Å². The van der Waals surface area contributed by atoms with Gasteiger partial charge in [-0.1, -0.05) is 54.6 Å². The molecule has 0 spiro atoms. The summed E-state index contributed by atoms with van der Waals surface area (Å²) in [5.41, 5.74) is 4.88. The fourth-order valence-corrected chi connectivity index (χ4v) is 4.15. The minimum Gasteiger partial charge on any atom is -0.372 e. The predicted octanol–water partition coefficient (Wildman–Crippen LogP) is 4.09. The molecule has 6 nitrogen and oxygen atoms in total. The molecule has 6 heteroatoms. The van der Waals surface area contributed by atoms with Gasteiger partial charge in [0.25, 0.3) is 0 Å². The van der Waals surface area contributed by atoms with Crippen LogP contribution in [0.15, 0.2) is 72.0 Å². The number of nitrogens with zero attached hydrogens (tertiary/aromatic N) is 4. The van der Waals surface area contributed by atoms with Gasteiger partial charge in [-0.2, -0.15) is 5.10 Å². The summed E-state index contributed by atoms with van der Waals surface area (Å²) in [6, 6.07) is 18.8. The van der Waals surface area contributed by atoms with Gasteiger partial charge in [0.05, 0.1) is 26.0 Å². The molecule has 2 heterocycles. The van der Waals surface area contributed by atoms with Crippen LogP contribution in [0.5, 0.6) is 0 Å². The Bertz CT molecular complexity index is 1010. The average Bonchev–Trinajstić information content (AvgIpc) is 3.47. The minimum atomic E-state index is 0.512. The molecular formula is C26H33N5O. The topological polar surface area (TPSA) is 54.7 Å². The molecule has 0 amide bonds. The summed E-state index contributed by atoms with van der Waals surface area (Å²) in [5.74, 6) is 1.50. The Morgan fingerprint density at radius 3 is 2.66 bits per heavy atom. The van der Waals surface area contributed by atoms with Gasteiger partial charge in [0, 0.05) is 38.8 Å². The van der Waals surface area contributed by atoms with Crippen molar-refractivity contribution in [2.45, 2.75) is 39.0 Å². The van der Waals surface area contributed by atoms with Gasteiger partial charge in [-0.25, -0.2) is 4.99 Å². The van der Waals surface area contributed by atoms with Crippen LogP contribution in [0, 0.1) is 0 Å². The van der Waals surface area contributed by atoms with Crippen molar-refractivity contribution >= 4 is 5.96 Å². The van der Waals surface area contributed by atoms with Crippen LogP contribution < -0.4 is 5.32 Å². The van der Waals surface area contributed by atoms with Gasteiger partial charge >= 0.3 is 0 Å². The molecular weight excluding hydrogens is 398 g/mol. The maximum atomic E-state index is 5.90. The summed E-state index contributed by atoms with van der Waals surface area (Å²) >= 11 is 0. The van der Waals surface area contributed by atoms with E-state index >= 15 is 0 Å². The SMILES string of the molecule is CCNC(=NCc1cccc(COCc2ccccc2)c1)N1CCC(c2cnn(C)c2)C1. The average molecular weight is 432 g/mol. The predicted molar refractivity (Wildman–Crippen MR) is 128 cm³/mol. The fraction of sp³-hybridized carbons (Fsp3) is 0.385. The van der Waals surface area contributed by atoms with E-state index in [1.807, 2.05) is 36.1 Å². The number of rotatable bonds is 8. The highest BCUT2D eigenvalue weighted by molar-refractivity contribution is 5.80. The van der Waals surface area contributed by atoms with E-state index in [1.54, 1.807) is 0 Å². The van der Waals surface area contributed by atoms with Gasteiger partial charge in [-0.3, -0.25) is 4.68 Å². The van der Waals surface area contributed by atoms with Crippen LogP contribution >= 0.6 is 0 Å². The van der Waals surface area contributed by atoms with Crippen molar-refractivity contribution in [2.75, 3.05) is 19.6 Å². The number of likely N-dealkylation sites (tertiary alicyclic amines) is 1. The van der Waals surface area contributed by atoms with Gasteiger partial charge in [-0.05, 0) is 35.6 Å². The molecule has 1 aromatic heterocycles. The van der Waals surface area contributed by atoms with Crippen molar-refractivity contribution in [3.05, 3.63) is 89.2 Å². The van der Waals surface area contributed by atoms with E-state index in [-0.39, 0.29) is 0 Å². The second-order valence-electron chi connectivity index (χ2n) is 8.35. The van der Waals surface area contributed by atoms with E-state index in [0.717, 1.165) is 32.0 Å². The van der Waals surface area contributed by atoms with Crippen LogP contribution in [0.3, 0.4) is 0 Å². The zero-order valence-electron chi connectivity index (χ0n) is 19.1. The lowest BCUT2D eigenvalue weighted by molar-refractivity contribution is 0.107. The van der Waals surface area contributed by atoms with Crippen LogP contribution in [-0.4, -0.2) is 40.3 Å². The number of ether oxygens (including phenoxy) is 1. The molecule has 1 saturated heterocycles. The van der Waals surface area contributed by atoms with Gasteiger partial charge in [0.15, 0.2) is 5.96 Å². The summed E-state index contributed by atoms with van der Waals surface area (Å²) in [6.07, 6.45) is 5.25. The van der Waals surface area contributed by atoms with Crippen LogP contribution in [0.1, 0.15) is 41.5 Å². The first-order valence-electron chi connectivity index (χ1n) is 11.4. The highest BCUT2D eigenvalue weighted by atomic mass is 16.5. The first kappa shape index (κ1) is 22.1. The van der Waals surface area contributed by atoms with E-state index in [9.17, 15) is 0 Å². The Morgan fingerprint density at radius 2 is 1.88 bits per heavy atom. The third-order valence-corrected chi connectivity index (χ3v) is 5.80. The molecule has 0 saturated carbocycles. The zero-order valence-corrected chi connectivity index (χ0v) is 19.1. The van der Waals surface area contributed by atoms with Crippen molar-refractivity contribution in [2.24, 2.45) is 12.0 Å². The van der Waals surface area contributed by atoms with Crippen LogP contribution in [0.25, 0.3) is 0 Å². The van der Waals surface area contributed by atoms with E-state index in [4.69, 9.17) is 9.73 Å². The number of benzene rings is 2. The maximum Gasteiger partial charge on any atom is 0.194 e. The Balaban J connectivity index is 1.34. The summed E-state index contributed by atoms with van der Waals surface area (Å²) in [7, 11) is 1.97. The molecule has 32 heavy (non-hydrogen) atoms. The molecule has 168 valence electrons. The number of nitrogens with one attached hydrogen (secondary N) is 1. The second-order valence-corrected chi connectivity index (χ2v) is 8.35. The summed E-state index contributed by atoms with van der Waals surface area (Å²) in [5, 5.41) is 7.80. The highest BCUT2D eigenvalue weighted by Crippen LogP contribution is 2.26. The molecule has 1 aliphatic heterocycles. The van der Waals surface area contributed by atoms with Crippen molar-refractivity contribution < 1.29 is 4.74 Å². The van der Waals surface area contributed by atoms with Crippen molar-refractivity contribution in [3.8, 4) is 0 Å². The number of aliphatic imine (C=N–C) groups is 1. The maximum absolute atomic E-state index is 5.90. The van der Waals surface area contributed by atoms with Gasteiger partial charge in [0.2, 0.25) is 0 Å².